The van der Waals surface area contributed by atoms with Crippen molar-refractivity contribution in [2.24, 2.45) is 0 Å². The van der Waals surface area contributed by atoms with Gasteiger partial charge in [-0.1, -0.05) is 13.0 Å². The minimum atomic E-state index is -0.958. The van der Waals surface area contributed by atoms with Gasteiger partial charge in [-0.15, -0.1) is 0 Å². The maximum atomic E-state index is 11.1. The normalized spacial score (nSPS) is 12.1. The summed E-state index contributed by atoms with van der Waals surface area (Å²) in [7, 11) is 0. The monoisotopic (exact) mass is 268 g/mol. The fourth-order valence-corrected chi connectivity index (χ4v) is 2.44. The molecule has 0 saturated heterocycles. The third-order valence-electron chi connectivity index (χ3n) is 2.62. The number of thioether (sulfide) groups is 1. The van der Waals surface area contributed by atoms with E-state index >= 15 is 0 Å². The number of hydrogen-bond donors (Lipinski definition) is 3. The molecule has 0 saturated carbocycles. The van der Waals surface area contributed by atoms with Crippen molar-refractivity contribution in [3.63, 3.8) is 0 Å². The molecule has 0 radical (unpaired) electrons. The van der Waals surface area contributed by atoms with Gasteiger partial charge in [0, 0.05) is 6.04 Å². The fraction of sp³-hybridized carbons (Fsp3) is 0.462. The van der Waals surface area contributed by atoms with Crippen LogP contribution in [0.4, 0.5) is 11.4 Å². The lowest BCUT2D eigenvalue weighted by Crippen LogP contribution is -2.19. The third-order valence-corrected chi connectivity index (χ3v) is 3.55. The smallest absolute Gasteiger partial charge is 0.337 e. The van der Waals surface area contributed by atoms with Crippen LogP contribution in [0.3, 0.4) is 0 Å². The van der Waals surface area contributed by atoms with Crippen LogP contribution in [0.15, 0.2) is 18.2 Å². The van der Waals surface area contributed by atoms with Crippen molar-refractivity contribution in [1.29, 1.82) is 0 Å². The highest BCUT2D eigenvalue weighted by molar-refractivity contribution is 7.99. The Hall–Kier alpha value is -1.36. The van der Waals surface area contributed by atoms with Gasteiger partial charge in [0.2, 0.25) is 0 Å². The molecule has 0 aliphatic rings. The molecular weight excluding hydrogens is 248 g/mol. The number of carbonyl (C=O) groups is 1. The van der Waals surface area contributed by atoms with Gasteiger partial charge < -0.3 is 16.2 Å². The van der Waals surface area contributed by atoms with E-state index in [0.717, 1.165) is 17.9 Å². The fourth-order valence-electron chi connectivity index (χ4n) is 1.63. The van der Waals surface area contributed by atoms with E-state index in [9.17, 15) is 4.79 Å². The summed E-state index contributed by atoms with van der Waals surface area (Å²) in [5, 5.41) is 12.3. The van der Waals surface area contributed by atoms with Gasteiger partial charge in [0.25, 0.3) is 0 Å². The Morgan fingerprint density at radius 1 is 1.56 bits per heavy atom. The second kappa shape index (κ2) is 7.16. The number of hydrogen-bond acceptors (Lipinski definition) is 4. The number of rotatable bonds is 7. The number of aromatic carboxylic acids is 1. The number of anilines is 2. The van der Waals surface area contributed by atoms with Gasteiger partial charge >= 0.3 is 5.97 Å². The highest BCUT2D eigenvalue weighted by Crippen LogP contribution is 2.25. The zero-order valence-electron chi connectivity index (χ0n) is 10.8. The number of benzene rings is 1. The summed E-state index contributed by atoms with van der Waals surface area (Å²) >= 11 is 1.87. The van der Waals surface area contributed by atoms with E-state index in [1.165, 1.54) is 0 Å². The average Bonchev–Trinajstić information content (AvgIpc) is 2.31. The molecular formula is C13H20N2O2S. The van der Waals surface area contributed by atoms with Crippen LogP contribution in [-0.4, -0.2) is 28.6 Å². The molecule has 18 heavy (non-hydrogen) atoms. The van der Waals surface area contributed by atoms with Gasteiger partial charge in [-0.05, 0) is 37.0 Å². The van der Waals surface area contributed by atoms with Crippen LogP contribution in [0.5, 0.6) is 0 Å². The van der Waals surface area contributed by atoms with Crippen molar-refractivity contribution in [2.45, 2.75) is 26.3 Å². The molecule has 1 atom stereocenters. The molecule has 0 aliphatic carbocycles. The Kier molecular flexibility index (Phi) is 5.85. The van der Waals surface area contributed by atoms with Gasteiger partial charge in [-0.25, -0.2) is 4.79 Å². The number of nitrogens with one attached hydrogen (secondary N) is 1. The number of nitrogen functional groups attached to an aromatic ring is 1. The van der Waals surface area contributed by atoms with Gasteiger partial charge in [-0.2, -0.15) is 11.8 Å². The Balaban J connectivity index is 2.73. The summed E-state index contributed by atoms with van der Waals surface area (Å²) in [5.74, 6) is 1.19. The Labute approximate surface area is 112 Å². The van der Waals surface area contributed by atoms with Gasteiger partial charge in [0.05, 0.1) is 16.9 Å². The Bertz CT molecular complexity index is 410. The van der Waals surface area contributed by atoms with Crippen LogP contribution in [0.1, 0.15) is 30.6 Å². The van der Waals surface area contributed by atoms with E-state index in [1.807, 2.05) is 18.7 Å². The van der Waals surface area contributed by atoms with E-state index in [0.29, 0.717) is 11.4 Å². The largest absolute Gasteiger partial charge is 0.478 e. The van der Waals surface area contributed by atoms with Crippen molar-refractivity contribution in [3.05, 3.63) is 23.8 Å². The molecule has 100 valence electrons. The van der Waals surface area contributed by atoms with E-state index in [1.54, 1.807) is 18.2 Å². The molecule has 0 bridgehead atoms. The Morgan fingerprint density at radius 3 is 2.89 bits per heavy atom. The zero-order valence-corrected chi connectivity index (χ0v) is 11.6. The lowest BCUT2D eigenvalue weighted by atomic mass is 10.1. The third kappa shape index (κ3) is 4.14. The van der Waals surface area contributed by atoms with Crippen LogP contribution in [0.25, 0.3) is 0 Å². The van der Waals surface area contributed by atoms with Crippen molar-refractivity contribution >= 4 is 29.1 Å². The first kappa shape index (κ1) is 14.7. The molecule has 1 aromatic rings. The lowest BCUT2D eigenvalue weighted by Gasteiger charge is -2.18. The molecule has 4 N–H and O–H groups in total. The van der Waals surface area contributed by atoms with Crippen molar-refractivity contribution in [2.75, 3.05) is 22.6 Å². The standard InChI is InChI=1S/C13H20N2O2S/c1-3-18-8-7-9(2)15-12-10(13(16)17)5-4-6-11(12)14/h4-6,9,15H,3,7-8,14H2,1-2H3,(H,16,17). The summed E-state index contributed by atoms with van der Waals surface area (Å²) in [5.41, 5.74) is 7.06. The van der Waals surface area contributed by atoms with E-state index in [-0.39, 0.29) is 11.6 Å². The maximum Gasteiger partial charge on any atom is 0.337 e. The molecule has 0 fully saturated rings. The molecule has 1 rings (SSSR count). The first-order chi connectivity index (χ1) is 8.56. The number of carboxylic acid groups (broad SMARTS) is 1. The quantitative estimate of drug-likeness (QED) is 0.523. The van der Waals surface area contributed by atoms with Gasteiger partial charge in [-0.3, -0.25) is 0 Å². The first-order valence-corrected chi connectivity index (χ1v) is 7.17. The topological polar surface area (TPSA) is 75.3 Å². The average molecular weight is 268 g/mol. The van der Waals surface area contributed by atoms with Crippen molar-refractivity contribution in [1.82, 2.24) is 0 Å². The van der Waals surface area contributed by atoms with Crippen LogP contribution < -0.4 is 11.1 Å². The summed E-state index contributed by atoms with van der Waals surface area (Å²) in [6.07, 6.45) is 0.978. The molecule has 0 spiro atoms. The van der Waals surface area contributed by atoms with Gasteiger partial charge in [0.15, 0.2) is 0 Å². The van der Waals surface area contributed by atoms with Crippen LogP contribution in [-0.2, 0) is 0 Å². The highest BCUT2D eigenvalue weighted by Gasteiger charge is 2.14. The summed E-state index contributed by atoms with van der Waals surface area (Å²) < 4.78 is 0. The van der Waals surface area contributed by atoms with Crippen molar-refractivity contribution < 1.29 is 9.90 Å². The summed E-state index contributed by atoms with van der Waals surface area (Å²) in [6, 6.07) is 5.13. The summed E-state index contributed by atoms with van der Waals surface area (Å²) in [4.78, 5) is 11.1. The predicted molar refractivity (Wildman–Crippen MR) is 78.5 cm³/mol. The van der Waals surface area contributed by atoms with E-state index in [2.05, 4.69) is 12.2 Å². The van der Waals surface area contributed by atoms with Crippen molar-refractivity contribution in [3.8, 4) is 0 Å². The zero-order chi connectivity index (χ0) is 13.5. The first-order valence-electron chi connectivity index (χ1n) is 6.02. The number of carboxylic acids is 1. The molecule has 0 aromatic heterocycles. The molecule has 0 heterocycles. The van der Waals surface area contributed by atoms with Crippen LogP contribution in [0, 0.1) is 0 Å². The minimum Gasteiger partial charge on any atom is -0.478 e. The second-order valence-electron chi connectivity index (χ2n) is 4.11. The molecule has 5 heteroatoms. The molecule has 0 amide bonds. The Morgan fingerprint density at radius 2 is 2.28 bits per heavy atom. The minimum absolute atomic E-state index is 0.201. The predicted octanol–water partition coefficient (Wildman–Crippen LogP) is 2.91. The molecule has 0 aliphatic heterocycles. The maximum absolute atomic E-state index is 11.1. The molecule has 4 nitrogen and oxygen atoms in total. The SMILES string of the molecule is CCSCCC(C)Nc1c(N)cccc1C(=O)O. The molecule has 1 aromatic carbocycles. The van der Waals surface area contributed by atoms with Gasteiger partial charge in [0.1, 0.15) is 0 Å². The van der Waals surface area contributed by atoms with Crippen LogP contribution >= 0.6 is 11.8 Å². The number of nitrogens with two attached hydrogens (primary N) is 1. The molecule has 1 unspecified atom stereocenters. The summed E-state index contributed by atoms with van der Waals surface area (Å²) in [6.45, 7) is 4.16. The number of para-hydroxylation sites is 1. The highest BCUT2D eigenvalue weighted by atomic mass is 32.2. The van der Waals surface area contributed by atoms with E-state index in [4.69, 9.17) is 10.8 Å². The van der Waals surface area contributed by atoms with E-state index < -0.39 is 5.97 Å². The van der Waals surface area contributed by atoms with Crippen LogP contribution in [0.2, 0.25) is 0 Å². The lowest BCUT2D eigenvalue weighted by molar-refractivity contribution is 0.0698. The second-order valence-corrected chi connectivity index (χ2v) is 5.50.